The van der Waals surface area contributed by atoms with Crippen LogP contribution in [-0.4, -0.2) is 4.92 Å². The lowest BCUT2D eigenvalue weighted by molar-refractivity contribution is -0.402. The van der Waals surface area contributed by atoms with E-state index in [4.69, 9.17) is 14.9 Å². The molecule has 94 valence electrons. The summed E-state index contributed by atoms with van der Waals surface area (Å²) in [5, 5.41) is 10.4. The molecule has 2 N–H and O–H groups in total. The first-order valence-electron chi connectivity index (χ1n) is 5.28. The van der Waals surface area contributed by atoms with E-state index in [1.165, 1.54) is 12.1 Å². The van der Waals surface area contributed by atoms with E-state index in [1.54, 1.807) is 18.2 Å². The maximum absolute atomic E-state index is 10.4. The van der Waals surface area contributed by atoms with Crippen LogP contribution in [0.2, 0.25) is 0 Å². The summed E-state index contributed by atoms with van der Waals surface area (Å²) in [6.07, 6.45) is 0. The molecule has 0 aliphatic heterocycles. The number of nitrogens with two attached hydrogens (primary N) is 1. The van der Waals surface area contributed by atoms with Crippen LogP contribution in [0.3, 0.4) is 0 Å². The number of benzene rings is 1. The van der Waals surface area contributed by atoms with E-state index in [0.717, 1.165) is 5.56 Å². The number of aryl methyl sites for hydroxylation is 1. The predicted molar refractivity (Wildman–Crippen MR) is 65.3 cm³/mol. The van der Waals surface area contributed by atoms with Gasteiger partial charge in [0.05, 0.1) is 6.07 Å². The predicted octanol–water partition coefficient (Wildman–Crippen LogP) is 2.66. The molecule has 2 rings (SSSR count). The molecule has 0 aliphatic carbocycles. The Bertz CT molecular complexity index is 577. The summed E-state index contributed by atoms with van der Waals surface area (Å²) in [5.74, 6) is 0.781. The van der Waals surface area contributed by atoms with Crippen LogP contribution in [0.5, 0.6) is 5.75 Å². The van der Waals surface area contributed by atoms with Crippen molar-refractivity contribution in [1.29, 1.82) is 0 Å². The highest BCUT2D eigenvalue weighted by Crippen LogP contribution is 2.22. The first kappa shape index (κ1) is 12.0. The molecule has 1 aromatic heterocycles. The Morgan fingerprint density at radius 2 is 2.17 bits per heavy atom. The minimum absolute atomic E-state index is 0.137. The van der Waals surface area contributed by atoms with Gasteiger partial charge in [-0.15, -0.1) is 0 Å². The molecule has 0 fully saturated rings. The number of hydrogen-bond donors (Lipinski definition) is 1. The lowest BCUT2D eigenvalue weighted by atomic mass is 10.2. The van der Waals surface area contributed by atoms with Crippen LogP contribution >= 0.6 is 0 Å². The summed E-state index contributed by atoms with van der Waals surface area (Å²) in [7, 11) is 0. The van der Waals surface area contributed by atoms with Crippen LogP contribution in [-0.2, 0) is 6.61 Å². The smallest absolute Gasteiger partial charge is 0.433 e. The van der Waals surface area contributed by atoms with Gasteiger partial charge in [-0.2, -0.15) is 0 Å². The van der Waals surface area contributed by atoms with Gasteiger partial charge in [-0.1, -0.05) is 0 Å². The molecule has 0 bridgehead atoms. The second kappa shape index (κ2) is 4.79. The average molecular weight is 248 g/mol. The van der Waals surface area contributed by atoms with E-state index in [1.807, 2.05) is 6.92 Å². The third-order valence-electron chi connectivity index (χ3n) is 2.40. The molecule has 0 atom stereocenters. The summed E-state index contributed by atoms with van der Waals surface area (Å²) in [6, 6.07) is 8.09. The third kappa shape index (κ3) is 2.60. The van der Waals surface area contributed by atoms with Crippen molar-refractivity contribution in [3.05, 3.63) is 51.8 Å². The fourth-order valence-electron chi connectivity index (χ4n) is 1.53. The van der Waals surface area contributed by atoms with E-state index in [9.17, 15) is 10.1 Å². The normalized spacial score (nSPS) is 10.3. The lowest BCUT2D eigenvalue weighted by Crippen LogP contribution is -1.96. The molecule has 6 heteroatoms. The number of hydrogen-bond acceptors (Lipinski definition) is 5. The van der Waals surface area contributed by atoms with Gasteiger partial charge in [-0.25, -0.2) is 0 Å². The fourth-order valence-corrected chi connectivity index (χ4v) is 1.53. The molecular weight excluding hydrogens is 236 g/mol. The van der Waals surface area contributed by atoms with Gasteiger partial charge in [-0.05, 0) is 36.8 Å². The Hall–Kier alpha value is -2.50. The van der Waals surface area contributed by atoms with Crippen LogP contribution in [0.15, 0.2) is 34.7 Å². The van der Waals surface area contributed by atoms with Crippen LogP contribution in [0.1, 0.15) is 11.3 Å². The Labute approximate surface area is 103 Å². The maximum atomic E-state index is 10.4. The number of anilines is 1. The van der Waals surface area contributed by atoms with Gasteiger partial charge in [0, 0.05) is 5.69 Å². The number of rotatable bonds is 4. The summed E-state index contributed by atoms with van der Waals surface area (Å²) in [5.41, 5.74) is 7.18. The van der Waals surface area contributed by atoms with Crippen LogP contribution in [0, 0.1) is 17.0 Å². The van der Waals surface area contributed by atoms with E-state index in [-0.39, 0.29) is 12.5 Å². The molecule has 0 unspecified atom stereocenters. The molecule has 0 spiro atoms. The molecule has 18 heavy (non-hydrogen) atoms. The van der Waals surface area contributed by atoms with Crippen LogP contribution in [0.25, 0.3) is 0 Å². The number of furan rings is 1. The van der Waals surface area contributed by atoms with Crippen molar-refractivity contribution in [2.75, 3.05) is 5.73 Å². The van der Waals surface area contributed by atoms with Gasteiger partial charge in [0.15, 0.2) is 0 Å². The van der Waals surface area contributed by atoms with Crippen LogP contribution < -0.4 is 10.5 Å². The summed E-state index contributed by atoms with van der Waals surface area (Å²) in [6.45, 7) is 2.01. The SMILES string of the molecule is Cc1cc(N)ccc1OCc1ccc([N+](=O)[O-])o1. The van der Waals surface area contributed by atoms with Crippen LogP contribution in [0.4, 0.5) is 11.6 Å². The van der Waals surface area contributed by atoms with Gasteiger partial charge >= 0.3 is 5.88 Å². The second-order valence-electron chi connectivity index (χ2n) is 3.81. The zero-order valence-corrected chi connectivity index (χ0v) is 9.75. The highest BCUT2D eigenvalue weighted by atomic mass is 16.6. The van der Waals surface area contributed by atoms with Crippen molar-refractivity contribution in [1.82, 2.24) is 0 Å². The molecule has 1 aromatic carbocycles. The Balaban J connectivity index is 2.04. The van der Waals surface area contributed by atoms with E-state index in [0.29, 0.717) is 17.2 Å². The Kier molecular flexibility index (Phi) is 3.18. The fraction of sp³-hybridized carbons (Fsp3) is 0.167. The summed E-state index contributed by atoms with van der Waals surface area (Å²) >= 11 is 0. The van der Waals surface area contributed by atoms with Crippen molar-refractivity contribution < 1.29 is 14.1 Å². The van der Waals surface area contributed by atoms with Gasteiger partial charge < -0.3 is 14.9 Å². The third-order valence-corrected chi connectivity index (χ3v) is 2.40. The van der Waals surface area contributed by atoms with Gasteiger partial charge in [0.25, 0.3) is 0 Å². The molecule has 0 radical (unpaired) electrons. The molecule has 0 saturated heterocycles. The molecule has 6 nitrogen and oxygen atoms in total. The van der Waals surface area contributed by atoms with Crippen molar-refractivity contribution in [2.24, 2.45) is 0 Å². The summed E-state index contributed by atoms with van der Waals surface area (Å²) < 4.78 is 10.5. The minimum atomic E-state index is -0.585. The standard InChI is InChI=1S/C12H12N2O4/c1-8-6-9(13)2-4-11(8)17-7-10-3-5-12(18-10)14(15)16/h2-6H,7,13H2,1H3. The van der Waals surface area contributed by atoms with Gasteiger partial charge in [-0.3, -0.25) is 10.1 Å². The van der Waals surface area contributed by atoms with Crippen molar-refractivity contribution in [3.8, 4) is 5.75 Å². The highest BCUT2D eigenvalue weighted by molar-refractivity contribution is 5.47. The zero-order chi connectivity index (χ0) is 13.1. The lowest BCUT2D eigenvalue weighted by Gasteiger charge is -2.07. The van der Waals surface area contributed by atoms with Crippen molar-refractivity contribution in [2.45, 2.75) is 13.5 Å². The molecule has 1 heterocycles. The second-order valence-corrected chi connectivity index (χ2v) is 3.81. The maximum Gasteiger partial charge on any atom is 0.433 e. The highest BCUT2D eigenvalue weighted by Gasteiger charge is 2.12. The zero-order valence-electron chi connectivity index (χ0n) is 9.75. The molecule has 0 saturated carbocycles. The van der Waals surface area contributed by atoms with Crippen molar-refractivity contribution in [3.63, 3.8) is 0 Å². The van der Waals surface area contributed by atoms with Crippen molar-refractivity contribution >= 4 is 11.6 Å². The molecular formula is C12H12N2O4. The Morgan fingerprint density at radius 1 is 1.39 bits per heavy atom. The first-order valence-corrected chi connectivity index (χ1v) is 5.28. The number of ether oxygens (including phenoxy) is 1. The Morgan fingerprint density at radius 3 is 2.78 bits per heavy atom. The number of nitrogen functional groups attached to an aromatic ring is 1. The quantitative estimate of drug-likeness (QED) is 0.510. The number of nitrogens with zero attached hydrogens (tertiary/aromatic N) is 1. The van der Waals surface area contributed by atoms with E-state index in [2.05, 4.69) is 0 Å². The topological polar surface area (TPSA) is 91.5 Å². The van der Waals surface area contributed by atoms with E-state index >= 15 is 0 Å². The largest absolute Gasteiger partial charge is 0.485 e. The van der Waals surface area contributed by atoms with E-state index < -0.39 is 4.92 Å². The monoisotopic (exact) mass is 248 g/mol. The summed E-state index contributed by atoms with van der Waals surface area (Å²) in [4.78, 5) is 9.85. The minimum Gasteiger partial charge on any atom is -0.485 e. The molecule has 0 amide bonds. The number of nitro groups is 1. The molecule has 2 aromatic rings. The molecule has 0 aliphatic rings. The average Bonchev–Trinajstić information content (AvgIpc) is 2.76. The van der Waals surface area contributed by atoms with Gasteiger partial charge in [0.2, 0.25) is 0 Å². The van der Waals surface area contributed by atoms with Gasteiger partial charge in [0.1, 0.15) is 23.0 Å². The first-order chi connectivity index (χ1) is 8.56.